The number of nitrogens with one attached hydrogen (secondary N) is 1. The molecule has 106 valence electrons. The average molecular weight is 264 g/mol. The summed E-state index contributed by atoms with van der Waals surface area (Å²) in [6.07, 6.45) is 0.272. The molecule has 1 aliphatic rings. The summed E-state index contributed by atoms with van der Waals surface area (Å²) >= 11 is 0. The first-order valence-corrected chi connectivity index (χ1v) is 6.99. The minimum Gasteiger partial charge on any atom is -0.508 e. The van der Waals surface area contributed by atoms with E-state index in [0.29, 0.717) is 11.8 Å². The summed E-state index contributed by atoms with van der Waals surface area (Å²) in [6, 6.07) is 7.89. The van der Waals surface area contributed by atoms with Crippen molar-refractivity contribution in [2.24, 2.45) is 0 Å². The third kappa shape index (κ3) is 4.49. The first-order valence-electron chi connectivity index (χ1n) is 6.99. The monoisotopic (exact) mass is 264 g/mol. The SMILES string of the molecule is CC(C)N1CCOC(CNCc2ccc(O)cc2)C1. The molecule has 1 saturated heterocycles. The summed E-state index contributed by atoms with van der Waals surface area (Å²) in [5, 5.41) is 12.6. The zero-order valence-electron chi connectivity index (χ0n) is 11.8. The summed E-state index contributed by atoms with van der Waals surface area (Å²) in [5.74, 6) is 0.312. The predicted octanol–water partition coefficient (Wildman–Crippen LogP) is 1.59. The fraction of sp³-hybridized carbons (Fsp3) is 0.600. The van der Waals surface area contributed by atoms with Gasteiger partial charge in [0.1, 0.15) is 5.75 Å². The van der Waals surface area contributed by atoms with Gasteiger partial charge in [-0.1, -0.05) is 12.1 Å². The number of phenols is 1. The summed E-state index contributed by atoms with van der Waals surface area (Å²) in [5.41, 5.74) is 1.18. The molecule has 1 atom stereocenters. The van der Waals surface area contributed by atoms with Crippen molar-refractivity contribution in [3.63, 3.8) is 0 Å². The Hall–Kier alpha value is -1.10. The number of phenolic OH excluding ortho intramolecular Hbond substituents is 1. The molecule has 0 amide bonds. The molecule has 2 N–H and O–H groups in total. The van der Waals surface area contributed by atoms with E-state index in [9.17, 15) is 5.11 Å². The Kier molecular flexibility index (Phi) is 5.19. The maximum atomic E-state index is 9.22. The molecule has 1 unspecified atom stereocenters. The second kappa shape index (κ2) is 6.89. The molecule has 0 aliphatic carbocycles. The Morgan fingerprint density at radius 1 is 1.37 bits per heavy atom. The molecular formula is C15H24N2O2. The van der Waals surface area contributed by atoms with Crippen molar-refractivity contribution in [1.29, 1.82) is 0 Å². The topological polar surface area (TPSA) is 44.7 Å². The van der Waals surface area contributed by atoms with Gasteiger partial charge in [-0.05, 0) is 31.5 Å². The molecule has 1 aliphatic heterocycles. The Morgan fingerprint density at radius 3 is 2.79 bits per heavy atom. The number of rotatable bonds is 5. The van der Waals surface area contributed by atoms with Crippen LogP contribution in [0.15, 0.2) is 24.3 Å². The lowest BCUT2D eigenvalue weighted by Crippen LogP contribution is -2.48. The molecule has 0 spiro atoms. The number of hydrogen-bond acceptors (Lipinski definition) is 4. The fourth-order valence-electron chi connectivity index (χ4n) is 2.33. The first-order chi connectivity index (χ1) is 9.15. The van der Waals surface area contributed by atoms with Gasteiger partial charge in [0.25, 0.3) is 0 Å². The Bertz CT molecular complexity index is 378. The van der Waals surface area contributed by atoms with E-state index in [1.165, 1.54) is 5.56 Å². The number of benzene rings is 1. The van der Waals surface area contributed by atoms with Gasteiger partial charge in [0.2, 0.25) is 0 Å². The van der Waals surface area contributed by atoms with E-state index < -0.39 is 0 Å². The smallest absolute Gasteiger partial charge is 0.115 e. The van der Waals surface area contributed by atoms with Crippen LogP contribution in [0.1, 0.15) is 19.4 Å². The summed E-state index contributed by atoms with van der Waals surface area (Å²) in [6.45, 7) is 8.99. The maximum Gasteiger partial charge on any atom is 0.115 e. The molecule has 1 fully saturated rings. The van der Waals surface area contributed by atoms with Crippen LogP contribution in [0.4, 0.5) is 0 Å². The van der Waals surface area contributed by atoms with Crippen molar-refractivity contribution < 1.29 is 9.84 Å². The van der Waals surface area contributed by atoms with Gasteiger partial charge >= 0.3 is 0 Å². The van der Waals surface area contributed by atoms with Crippen LogP contribution >= 0.6 is 0 Å². The summed E-state index contributed by atoms with van der Waals surface area (Å²) in [4.78, 5) is 2.45. The van der Waals surface area contributed by atoms with Crippen LogP contribution < -0.4 is 5.32 Å². The highest BCUT2D eigenvalue weighted by Gasteiger charge is 2.21. The number of aromatic hydroxyl groups is 1. The van der Waals surface area contributed by atoms with Gasteiger partial charge in [0, 0.05) is 32.2 Å². The van der Waals surface area contributed by atoms with E-state index in [1.807, 2.05) is 12.1 Å². The van der Waals surface area contributed by atoms with Crippen molar-refractivity contribution in [2.45, 2.75) is 32.5 Å². The summed E-state index contributed by atoms with van der Waals surface area (Å²) in [7, 11) is 0. The molecule has 4 nitrogen and oxygen atoms in total. The van der Waals surface area contributed by atoms with E-state index in [-0.39, 0.29) is 6.10 Å². The quantitative estimate of drug-likeness (QED) is 0.848. The Labute approximate surface area is 115 Å². The normalized spacial score (nSPS) is 20.9. The van der Waals surface area contributed by atoms with Crippen LogP contribution in [0.3, 0.4) is 0 Å². The summed E-state index contributed by atoms with van der Waals surface area (Å²) < 4.78 is 5.77. The second-order valence-corrected chi connectivity index (χ2v) is 5.38. The van der Waals surface area contributed by atoms with Gasteiger partial charge in [-0.25, -0.2) is 0 Å². The van der Waals surface area contributed by atoms with Crippen LogP contribution in [-0.2, 0) is 11.3 Å². The average Bonchev–Trinajstić information content (AvgIpc) is 2.41. The lowest BCUT2D eigenvalue weighted by molar-refractivity contribution is -0.0372. The van der Waals surface area contributed by atoms with Gasteiger partial charge in [0.15, 0.2) is 0 Å². The number of nitrogens with zero attached hydrogens (tertiary/aromatic N) is 1. The highest BCUT2D eigenvalue weighted by Crippen LogP contribution is 2.10. The van der Waals surface area contributed by atoms with Crippen LogP contribution in [0.25, 0.3) is 0 Å². The molecular weight excluding hydrogens is 240 g/mol. The van der Waals surface area contributed by atoms with Crippen molar-refractivity contribution in [3.8, 4) is 5.75 Å². The molecule has 1 heterocycles. The van der Waals surface area contributed by atoms with Crippen LogP contribution in [0.2, 0.25) is 0 Å². The second-order valence-electron chi connectivity index (χ2n) is 5.38. The molecule has 0 saturated carbocycles. The zero-order chi connectivity index (χ0) is 13.7. The van der Waals surface area contributed by atoms with Crippen molar-refractivity contribution in [1.82, 2.24) is 10.2 Å². The highest BCUT2D eigenvalue weighted by atomic mass is 16.5. The van der Waals surface area contributed by atoms with E-state index in [2.05, 4.69) is 24.1 Å². The van der Waals surface area contributed by atoms with Crippen LogP contribution in [-0.4, -0.2) is 48.4 Å². The lowest BCUT2D eigenvalue weighted by Gasteiger charge is -2.35. The van der Waals surface area contributed by atoms with Crippen LogP contribution in [0, 0.1) is 0 Å². The first kappa shape index (κ1) is 14.3. The molecule has 0 radical (unpaired) electrons. The lowest BCUT2D eigenvalue weighted by atomic mass is 10.2. The molecule has 0 aromatic heterocycles. The van der Waals surface area contributed by atoms with Gasteiger partial charge < -0.3 is 15.2 Å². The molecule has 1 aromatic carbocycles. The molecule has 1 aromatic rings. The van der Waals surface area contributed by atoms with Crippen molar-refractivity contribution >= 4 is 0 Å². The predicted molar refractivity (Wildman–Crippen MR) is 76.3 cm³/mol. The minimum atomic E-state index is 0.272. The zero-order valence-corrected chi connectivity index (χ0v) is 11.8. The molecule has 19 heavy (non-hydrogen) atoms. The van der Waals surface area contributed by atoms with Crippen molar-refractivity contribution in [3.05, 3.63) is 29.8 Å². The largest absolute Gasteiger partial charge is 0.508 e. The standard InChI is InChI=1S/C15H24N2O2/c1-12(2)17-7-8-19-15(11-17)10-16-9-13-3-5-14(18)6-4-13/h3-6,12,15-16,18H,7-11H2,1-2H3. The van der Waals surface area contributed by atoms with Crippen molar-refractivity contribution in [2.75, 3.05) is 26.2 Å². The third-order valence-electron chi connectivity index (χ3n) is 3.54. The highest BCUT2D eigenvalue weighted by molar-refractivity contribution is 5.25. The fourth-order valence-corrected chi connectivity index (χ4v) is 2.33. The maximum absolute atomic E-state index is 9.22. The molecule has 0 bridgehead atoms. The van der Waals surface area contributed by atoms with Gasteiger partial charge in [-0.2, -0.15) is 0 Å². The van der Waals surface area contributed by atoms with Gasteiger partial charge in [-0.15, -0.1) is 0 Å². The molecule has 4 heteroatoms. The third-order valence-corrected chi connectivity index (χ3v) is 3.54. The van der Waals surface area contributed by atoms with Gasteiger partial charge in [-0.3, -0.25) is 4.90 Å². The van der Waals surface area contributed by atoms with E-state index in [1.54, 1.807) is 12.1 Å². The Morgan fingerprint density at radius 2 is 2.11 bits per heavy atom. The minimum absolute atomic E-state index is 0.272. The van der Waals surface area contributed by atoms with Gasteiger partial charge in [0.05, 0.1) is 12.7 Å². The Balaban J connectivity index is 1.72. The van der Waals surface area contributed by atoms with E-state index >= 15 is 0 Å². The number of hydrogen-bond donors (Lipinski definition) is 2. The number of ether oxygens (including phenoxy) is 1. The number of morpholine rings is 1. The van der Waals surface area contributed by atoms with E-state index in [0.717, 1.165) is 32.8 Å². The van der Waals surface area contributed by atoms with Crippen LogP contribution in [0.5, 0.6) is 5.75 Å². The molecule has 2 rings (SSSR count). The van der Waals surface area contributed by atoms with E-state index in [4.69, 9.17) is 4.74 Å².